The van der Waals surface area contributed by atoms with Gasteiger partial charge in [0.1, 0.15) is 23.6 Å². The number of nitrogens with one attached hydrogen (secondary N) is 1. The predicted molar refractivity (Wildman–Crippen MR) is 67.9 cm³/mol. The van der Waals surface area contributed by atoms with Crippen LogP contribution >= 0.6 is 0 Å². The van der Waals surface area contributed by atoms with Crippen molar-refractivity contribution in [2.75, 3.05) is 12.4 Å². The van der Waals surface area contributed by atoms with Crippen LogP contribution in [0.3, 0.4) is 0 Å². The fourth-order valence-corrected chi connectivity index (χ4v) is 1.67. The van der Waals surface area contributed by atoms with Crippen LogP contribution in [0.4, 0.5) is 15.8 Å². The SMILES string of the molecule is COc1cc(F)c([N+](=O)[O-])c(NCc2ncnn2C)c1. The summed E-state index contributed by atoms with van der Waals surface area (Å²) in [7, 11) is 3.04. The van der Waals surface area contributed by atoms with E-state index in [4.69, 9.17) is 4.74 Å². The minimum absolute atomic E-state index is 0.0230. The van der Waals surface area contributed by atoms with Crippen molar-refractivity contribution in [1.29, 1.82) is 0 Å². The van der Waals surface area contributed by atoms with Crippen LogP contribution in [0.25, 0.3) is 0 Å². The molecule has 0 saturated heterocycles. The molecule has 0 atom stereocenters. The Morgan fingerprint density at radius 2 is 2.30 bits per heavy atom. The fraction of sp³-hybridized carbons (Fsp3) is 0.273. The van der Waals surface area contributed by atoms with E-state index in [-0.39, 0.29) is 18.0 Å². The zero-order valence-electron chi connectivity index (χ0n) is 10.8. The van der Waals surface area contributed by atoms with Crippen LogP contribution in [0.5, 0.6) is 5.75 Å². The molecule has 8 nitrogen and oxygen atoms in total. The van der Waals surface area contributed by atoms with E-state index in [1.807, 2.05) is 0 Å². The highest BCUT2D eigenvalue weighted by molar-refractivity contribution is 5.65. The number of anilines is 1. The lowest BCUT2D eigenvalue weighted by Gasteiger charge is -2.09. The van der Waals surface area contributed by atoms with Gasteiger partial charge in [-0.15, -0.1) is 0 Å². The minimum atomic E-state index is -0.963. The van der Waals surface area contributed by atoms with E-state index in [0.717, 1.165) is 6.07 Å². The lowest BCUT2D eigenvalue weighted by Crippen LogP contribution is -2.09. The second-order valence-electron chi connectivity index (χ2n) is 3.92. The smallest absolute Gasteiger partial charge is 0.327 e. The van der Waals surface area contributed by atoms with Crippen molar-refractivity contribution in [2.45, 2.75) is 6.54 Å². The number of hydrogen-bond acceptors (Lipinski definition) is 6. The number of rotatable bonds is 5. The van der Waals surface area contributed by atoms with Gasteiger partial charge in [0.05, 0.1) is 18.6 Å². The van der Waals surface area contributed by atoms with E-state index in [0.29, 0.717) is 5.82 Å². The lowest BCUT2D eigenvalue weighted by molar-refractivity contribution is -0.386. The first-order valence-electron chi connectivity index (χ1n) is 5.61. The molecule has 0 bridgehead atoms. The van der Waals surface area contributed by atoms with Crippen LogP contribution in [0.1, 0.15) is 5.82 Å². The van der Waals surface area contributed by atoms with Crippen molar-refractivity contribution in [3.8, 4) is 5.75 Å². The Kier molecular flexibility index (Phi) is 3.78. The number of nitro groups is 1. The molecule has 0 aliphatic rings. The van der Waals surface area contributed by atoms with Crippen molar-refractivity contribution in [1.82, 2.24) is 14.8 Å². The van der Waals surface area contributed by atoms with Gasteiger partial charge in [0, 0.05) is 19.2 Å². The summed E-state index contributed by atoms with van der Waals surface area (Å²) in [5, 5.41) is 17.6. The highest BCUT2D eigenvalue weighted by Gasteiger charge is 2.22. The third-order valence-electron chi connectivity index (χ3n) is 2.70. The van der Waals surface area contributed by atoms with Gasteiger partial charge < -0.3 is 10.1 Å². The van der Waals surface area contributed by atoms with E-state index in [1.165, 1.54) is 24.2 Å². The highest BCUT2D eigenvalue weighted by atomic mass is 19.1. The zero-order valence-corrected chi connectivity index (χ0v) is 10.8. The fourth-order valence-electron chi connectivity index (χ4n) is 1.67. The first-order valence-corrected chi connectivity index (χ1v) is 5.61. The number of aryl methyl sites for hydroxylation is 1. The molecule has 106 valence electrons. The molecule has 0 aliphatic carbocycles. The number of halogens is 1. The van der Waals surface area contributed by atoms with Crippen LogP contribution in [-0.4, -0.2) is 26.8 Å². The molecule has 1 aromatic heterocycles. The topological polar surface area (TPSA) is 95.1 Å². The van der Waals surface area contributed by atoms with E-state index >= 15 is 0 Å². The maximum atomic E-state index is 13.7. The van der Waals surface area contributed by atoms with Crippen LogP contribution < -0.4 is 10.1 Å². The summed E-state index contributed by atoms with van der Waals surface area (Å²) in [6.07, 6.45) is 1.36. The average molecular weight is 281 g/mol. The summed E-state index contributed by atoms with van der Waals surface area (Å²) in [4.78, 5) is 14.1. The van der Waals surface area contributed by atoms with Crippen molar-refractivity contribution in [2.24, 2.45) is 7.05 Å². The Hall–Kier alpha value is -2.71. The van der Waals surface area contributed by atoms with Gasteiger partial charge in [-0.1, -0.05) is 0 Å². The number of methoxy groups -OCH3 is 1. The number of hydrogen-bond donors (Lipinski definition) is 1. The van der Waals surface area contributed by atoms with E-state index in [1.54, 1.807) is 7.05 Å². The Morgan fingerprint density at radius 1 is 1.55 bits per heavy atom. The average Bonchev–Trinajstić information content (AvgIpc) is 2.80. The van der Waals surface area contributed by atoms with E-state index in [2.05, 4.69) is 15.4 Å². The molecule has 9 heteroatoms. The molecule has 2 aromatic rings. The summed E-state index contributed by atoms with van der Waals surface area (Å²) in [6, 6.07) is 2.32. The first kappa shape index (κ1) is 13.7. The number of aromatic nitrogens is 3. The van der Waals surface area contributed by atoms with Gasteiger partial charge in [-0.25, -0.2) is 4.98 Å². The molecule has 0 amide bonds. The van der Waals surface area contributed by atoms with Crippen LogP contribution in [0.2, 0.25) is 0 Å². The molecule has 1 aromatic carbocycles. The number of nitro benzene ring substituents is 1. The number of nitrogens with zero attached hydrogens (tertiary/aromatic N) is 4. The standard InChI is InChI=1S/C11H12FN5O3/c1-16-10(14-6-15-16)5-13-9-4-7(20-2)3-8(12)11(9)17(18)19/h3-4,6,13H,5H2,1-2H3. The number of ether oxygens (including phenoxy) is 1. The van der Waals surface area contributed by atoms with Crippen molar-refractivity contribution >= 4 is 11.4 Å². The van der Waals surface area contributed by atoms with Gasteiger partial charge in [-0.05, 0) is 0 Å². The van der Waals surface area contributed by atoms with Gasteiger partial charge in [0.15, 0.2) is 0 Å². The second-order valence-corrected chi connectivity index (χ2v) is 3.92. The van der Waals surface area contributed by atoms with Gasteiger partial charge >= 0.3 is 5.69 Å². The van der Waals surface area contributed by atoms with E-state index < -0.39 is 16.4 Å². The van der Waals surface area contributed by atoms with Gasteiger partial charge in [0.25, 0.3) is 0 Å². The molecular formula is C11H12FN5O3. The summed E-state index contributed by atoms with van der Waals surface area (Å²) >= 11 is 0. The van der Waals surface area contributed by atoms with Crippen molar-refractivity contribution in [3.05, 3.63) is 40.2 Å². The molecular weight excluding hydrogens is 269 g/mol. The molecule has 0 saturated carbocycles. The van der Waals surface area contributed by atoms with Crippen LogP contribution in [0.15, 0.2) is 18.5 Å². The molecule has 0 unspecified atom stereocenters. The minimum Gasteiger partial charge on any atom is -0.497 e. The summed E-state index contributed by atoms with van der Waals surface area (Å²) in [5.74, 6) is -0.217. The monoisotopic (exact) mass is 281 g/mol. The first-order chi connectivity index (χ1) is 9.52. The molecule has 0 aliphatic heterocycles. The largest absolute Gasteiger partial charge is 0.497 e. The quantitative estimate of drug-likeness (QED) is 0.659. The molecule has 2 rings (SSSR count). The Morgan fingerprint density at radius 3 is 2.85 bits per heavy atom. The van der Waals surface area contributed by atoms with Gasteiger partial charge in [-0.3, -0.25) is 14.8 Å². The summed E-state index contributed by atoms with van der Waals surface area (Å²) in [5.41, 5.74) is -0.609. The van der Waals surface area contributed by atoms with Crippen molar-refractivity contribution < 1.29 is 14.1 Å². The summed E-state index contributed by atoms with van der Waals surface area (Å²) < 4.78 is 20.1. The van der Waals surface area contributed by atoms with Crippen LogP contribution in [0, 0.1) is 15.9 Å². The third-order valence-corrected chi connectivity index (χ3v) is 2.70. The van der Waals surface area contributed by atoms with Crippen LogP contribution in [-0.2, 0) is 13.6 Å². The zero-order chi connectivity index (χ0) is 14.7. The van der Waals surface area contributed by atoms with Gasteiger partial charge in [-0.2, -0.15) is 9.49 Å². The Balaban J connectivity index is 2.31. The summed E-state index contributed by atoms with van der Waals surface area (Å²) in [6.45, 7) is 0.171. The third kappa shape index (κ3) is 2.66. The molecule has 0 spiro atoms. The molecule has 1 heterocycles. The molecule has 20 heavy (non-hydrogen) atoms. The molecule has 1 N–H and O–H groups in total. The Labute approximate surface area is 113 Å². The normalized spacial score (nSPS) is 10.3. The highest BCUT2D eigenvalue weighted by Crippen LogP contribution is 2.32. The molecule has 0 fully saturated rings. The maximum Gasteiger partial charge on any atom is 0.327 e. The lowest BCUT2D eigenvalue weighted by atomic mass is 10.2. The Bertz CT molecular complexity index is 643. The van der Waals surface area contributed by atoms with Gasteiger partial charge in [0.2, 0.25) is 5.82 Å². The second kappa shape index (κ2) is 5.51. The predicted octanol–water partition coefficient (Wildman–Crippen LogP) is 1.48. The van der Waals surface area contributed by atoms with E-state index in [9.17, 15) is 14.5 Å². The number of benzene rings is 1. The maximum absolute atomic E-state index is 13.7. The molecule has 0 radical (unpaired) electrons. The van der Waals surface area contributed by atoms with Crippen molar-refractivity contribution in [3.63, 3.8) is 0 Å².